The molecule has 1 saturated carbocycles. The van der Waals surface area contributed by atoms with E-state index in [1.54, 1.807) is 0 Å². The molecule has 88 valence electrons. The maximum Gasteiger partial charge on any atom is 0.0249 e. The van der Waals surface area contributed by atoms with Crippen molar-refractivity contribution in [3.63, 3.8) is 0 Å². The molecule has 2 heteroatoms. The Labute approximate surface area is 94.4 Å². The van der Waals surface area contributed by atoms with Crippen molar-refractivity contribution in [1.29, 1.82) is 0 Å². The molecule has 1 N–H and O–H groups in total. The van der Waals surface area contributed by atoms with Crippen molar-refractivity contribution >= 4 is 0 Å². The first kappa shape index (κ1) is 11.4. The molecule has 2 rings (SSSR count). The van der Waals surface area contributed by atoms with Crippen LogP contribution < -0.4 is 5.32 Å². The quantitative estimate of drug-likeness (QED) is 0.752. The normalized spacial score (nSPS) is 35.6. The zero-order chi connectivity index (χ0) is 10.7. The maximum absolute atomic E-state index is 3.65. The third-order valence-corrected chi connectivity index (χ3v) is 4.25. The predicted molar refractivity (Wildman–Crippen MR) is 65.1 cm³/mol. The fourth-order valence-electron chi connectivity index (χ4n) is 3.35. The van der Waals surface area contributed by atoms with Crippen LogP contribution in [0.1, 0.15) is 46.0 Å². The number of hydrogen-bond donors (Lipinski definition) is 1. The van der Waals surface area contributed by atoms with E-state index in [0.717, 1.165) is 12.0 Å². The number of likely N-dealkylation sites (N-methyl/N-ethyl adjacent to an activating group) is 1. The van der Waals surface area contributed by atoms with Gasteiger partial charge >= 0.3 is 0 Å². The van der Waals surface area contributed by atoms with Gasteiger partial charge in [0.15, 0.2) is 0 Å². The second kappa shape index (κ2) is 5.31. The summed E-state index contributed by atoms with van der Waals surface area (Å²) in [6, 6.07) is 1.51. The van der Waals surface area contributed by atoms with Crippen LogP contribution in [0.4, 0.5) is 0 Å². The van der Waals surface area contributed by atoms with Gasteiger partial charge in [-0.1, -0.05) is 26.2 Å². The van der Waals surface area contributed by atoms with E-state index in [4.69, 9.17) is 0 Å². The standard InChI is InChI=1S/C13H26N2/c1-3-15-10-11(2)14-9-13(15)12-7-5-4-6-8-12/h11-14H,3-10H2,1-2H3. The van der Waals surface area contributed by atoms with E-state index >= 15 is 0 Å². The number of piperazine rings is 1. The Morgan fingerprint density at radius 3 is 2.60 bits per heavy atom. The van der Waals surface area contributed by atoms with Crippen LogP contribution in [-0.4, -0.2) is 36.6 Å². The van der Waals surface area contributed by atoms with Crippen molar-refractivity contribution in [2.24, 2.45) is 5.92 Å². The Kier molecular flexibility index (Phi) is 4.04. The highest BCUT2D eigenvalue weighted by molar-refractivity contribution is 4.89. The van der Waals surface area contributed by atoms with Gasteiger partial charge in [0, 0.05) is 25.2 Å². The first-order valence-corrected chi connectivity index (χ1v) is 6.78. The van der Waals surface area contributed by atoms with Gasteiger partial charge in [-0.15, -0.1) is 0 Å². The van der Waals surface area contributed by atoms with Crippen LogP contribution in [0.25, 0.3) is 0 Å². The van der Waals surface area contributed by atoms with E-state index in [0.29, 0.717) is 6.04 Å². The molecule has 2 aliphatic rings. The lowest BCUT2D eigenvalue weighted by molar-refractivity contribution is 0.0804. The summed E-state index contributed by atoms with van der Waals surface area (Å²) in [7, 11) is 0. The Morgan fingerprint density at radius 2 is 1.93 bits per heavy atom. The lowest BCUT2D eigenvalue weighted by atomic mass is 9.82. The number of rotatable bonds is 2. The molecule has 0 aromatic heterocycles. The predicted octanol–water partition coefficient (Wildman–Crippen LogP) is 2.25. The highest BCUT2D eigenvalue weighted by atomic mass is 15.2. The Bertz CT molecular complexity index is 185. The first-order valence-electron chi connectivity index (χ1n) is 6.78. The number of nitrogens with zero attached hydrogens (tertiary/aromatic N) is 1. The van der Waals surface area contributed by atoms with Crippen molar-refractivity contribution in [2.75, 3.05) is 19.6 Å². The minimum Gasteiger partial charge on any atom is -0.311 e. The molecule has 15 heavy (non-hydrogen) atoms. The van der Waals surface area contributed by atoms with Gasteiger partial charge in [0.25, 0.3) is 0 Å². The van der Waals surface area contributed by atoms with Crippen LogP contribution in [0.5, 0.6) is 0 Å². The monoisotopic (exact) mass is 210 g/mol. The van der Waals surface area contributed by atoms with Crippen LogP contribution in [-0.2, 0) is 0 Å². The van der Waals surface area contributed by atoms with Crippen molar-refractivity contribution in [3.05, 3.63) is 0 Å². The molecule has 1 aliphatic heterocycles. The molecule has 0 aromatic rings. The summed E-state index contributed by atoms with van der Waals surface area (Å²) in [5.41, 5.74) is 0. The molecule has 2 atom stereocenters. The summed E-state index contributed by atoms with van der Waals surface area (Å²) in [6.07, 6.45) is 7.34. The van der Waals surface area contributed by atoms with Gasteiger partial charge in [0.2, 0.25) is 0 Å². The van der Waals surface area contributed by atoms with Gasteiger partial charge in [0.1, 0.15) is 0 Å². The average Bonchev–Trinajstić information content (AvgIpc) is 2.30. The van der Waals surface area contributed by atoms with E-state index in [1.807, 2.05) is 0 Å². The lowest BCUT2D eigenvalue weighted by Crippen LogP contribution is -2.58. The summed E-state index contributed by atoms with van der Waals surface area (Å²) >= 11 is 0. The van der Waals surface area contributed by atoms with Gasteiger partial charge in [-0.25, -0.2) is 0 Å². The van der Waals surface area contributed by atoms with Gasteiger partial charge in [-0.05, 0) is 32.2 Å². The average molecular weight is 210 g/mol. The topological polar surface area (TPSA) is 15.3 Å². The van der Waals surface area contributed by atoms with Crippen LogP contribution in [0.2, 0.25) is 0 Å². The van der Waals surface area contributed by atoms with E-state index < -0.39 is 0 Å². The Balaban J connectivity index is 1.93. The number of nitrogens with one attached hydrogen (secondary N) is 1. The minimum atomic E-state index is 0.685. The summed E-state index contributed by atoms with van der Waals surface area (Å²) < 4.78 is 0. The van der Waals surface area contributed by atoms with Crippen molar-refractivity contribution in [3.8, 4) is 0 Å². The largest absolute Gasteiger partial charge is 0.311 e. The minimum absolute atomic E-state index is 0.685. The molecule has 2 nitrogen and oxygen atoms in total. The molecule has 1 aliphatic carbocycles. The molecular weight excluding hydrogens is 184 g/mol. The fraction of sp³-hybridized carbons (Fsp3) is 1.00. The van der Waals surface area contributed by atoms with Gasteiger partial charge in [0.05, 0.1) is 0 Å². The SMILES string of the molecule is CCN1CC(C)NCC1C1CCCCC1. The van der Waals surface area contributed by atoms with Crippen molar-refractivity contribution in [2.45, 2.75) is 58.0 Å². The van der Waals surface area contributed by atoms with E-state index in [2.05, 4.69) is 24.1 Å². The van der Waals surface area contributed by atoms with Crippen LogP contribution >= 0.6 is 0 Å². The van der Waals surface area contributed by atoms with Gasteiger partial charge in [-0.2, -0.15) is 0 Å². The highest BCUT2D eigenvalue weighted by Crippen LogP contribution is 2.29. The molecule has 0 spiro atoms. The van der Waals surface area contributed by atoms with Gasteiger partial charge < -0.3 is 5.32 Å². The molecule has 0 aromatic carbocycles. The van der Waals surface area contributed by atoms with Crippen LogP contribution in [0, 0.1) is 5.92 Å². The number of hydrogen-bond acceptors (Lipinski definition) is 2. The van der Waals surface area contributed by atoms with Crippen molar-refractivity contribution in [1.82, 2.24) is 10.2 Å². The lowest BCUT2D eigenvalue weighted by Gasteiger charge is -2.44. The highest BCUT2D eigenvalue weighted by Gasteiger charge is 2.31. The summed E-state index contributed by atoms with van der Waals surface area (Å²) in [5, 5.41) is 3.65. The molecule has 0 radical (unpaired) electrons. The Morgan fingerprint density at radius 1 is 1.20 bits per heavy atom. The summed E-state index contributed by atoms with van der Waals surface area (Å²) in [4.78, 5) is 2.71. The van der Waals surface area contributed by atoms with Gasteiger partial charge in [-0.3, -0.25) is 4.90 Å². The molecule has 2 fully saturated rings. The van der Waals surface area contributed by atoms with E-state index in [-0.39, 0.29) is 0 Å². The molecule has 0 amide bonds. The molecule has 1 saturated heterocycles. The van der Waals surface area contributed by atoms with E-state index in [9.17, 15) is 0 Å². The van der Waals surface area contributed by atoms with Crippen LogP contribution in [0.3, 0.4) is 0 Å². The smallest absolute Gasteiger partial charge is 0.0249 e. The zero-order valence-electron chi connectivity index (χ0n) is 10.3. The van der Waals surface area contributed by atoms with Crippen LogP contribution in [0.15, 0.2) is 0 Å². The molecule has 2 unspecified atom stereocenters. The molecular formula is C13H26N2. The summed E-state index contributed by atoms with van der Waals surface area (Å²) in [6.45, 7) is 8.32. The first-order chi connectivity index (χ1) is 7.31. The molecule has 0 bridgehead atoms. The van der Waals surface area contributed by atoms with E-state index in [1.165, 1.54) is 51.7 Å². The Hall–Kier alpha value is -0.0800. The maximum atomic E-state index is 3.65. The third kappa shape index (κ3) is 2.73. The zero-order valence-corrected chi connectivity index (χ0v) is 10.3. The molecule has 1 heterocycles. The summed E-state index contributed by atoms with van der Waals surface area (Å²) in [5.74, 6) is 0.971. The van der Waals surface area contributed by atoms with Crippen molar-refractivity contribution < 1.29 is 0 Å². The second-order valence-corrected chi connectivity index (χ2v) is 5.36. The second-order valence-electron chi connectivity index (χ2n) is 5.36. The fourth-order valence-corrected chi connectivity index (χ4v) is 3.35. The third-order valence-electron chi connectivity index (χ3n) is 4.25.